The highest BCUT2D eigenvalue weighted by molar-refractivity contribution is 5.70. The molecule has 1 fully saturated rings. The van der Waals surface area contributed by atoms with Gasteiger partial charge in [-0.05, 0) is 39.3 Å². The van der Waals surface area contributed by atoms with E-state index in [0.29, 0.717) is 0 Å². The monoisotopic (exact) mass is 273 g/mol. The summed E-state index contributed by atoms with van der Waals surface area (Å²) in [5, 5.41) is 0. The summed E-state index contributed by atoms with van der Waals surface area (Å²) in [6.07, 6.45) is 6.23. The van der Waals surface area contributed by atoms with Gasteiger partial charge in [0, 0.05) is 24.6 Å². The second kappa shape index (κ2) is 4.51. The van der Waals surface area contributed by atoms with Crippen LogP contribution in [0.1, 0.15) is 38.9 Å². The maximum Gasteiger partial charge on any atom is 0.410 e. The minimum atomic E-state index is -0.456. The van der Waals surface area contributed by atoms with Crippen molar-refractivity contribution in [2.75, 3.05) is 6.54 Å². The van der Waals surface area contributed by atoms with Crippen LogP contribution in [0.2, 0.25) is 0 Å². The summed E-state index contributed by atoms with van der Waals surface area (Å²) in [7, 11) is 0. The van der Waals surface area contributed by atoms with Crippen LogP contribution in [-0.4, -0.2) is 32.5 Å². The quantitative estimate of drug-likeness (QED) is 0.802. The van der Waals surface area contributed by atoms with E-state index in [1.807, 2.05) is 39.2 Å². The Morgan fingerprint density at radius 1 is 1.40 bits per heavy atom. The van der Waals surface area contributed by atoms with E-state index in [2.05, 4.69) is 15.5 Å². The molecule has 0 aromatic carbocycles. The van der Waals surface area contributed by atoms with Gasteiger partial charge in [-0.1, -0.05) is 0 Å². The number of fused-ring (bicyclic) bond motifs is 1. The third kappa shape index (κ3) is 2.24. The molecule has 0 saturated carbocycles. The smallest absolute Gasteiger partial charge is 0.410 e. The molecule has 3 rings (SSSR count). The van der Waals surface area contributed by atoms with Gasteiger partial charge in [0.15, 0.2) is 0 Å². The second-order valence-electron chi connectivity index (χ2n) is 6.11. The summed E-state index contributed by atoms with van der Waals surface area (Å²) < 4.78 is 7.52. The number of nitrogens with zero attached hydrogens (tertiary/aromatic N) is 3. The van der Waals surface area contributed by atoms with Crippen molar-refractivity contribution in [3.05, 3.63) is 36.4 Å². The summed E-state index contributed by atoms with van der Waals surface area (Å²) in [6.45, 7) is 6.41. The number of carbonyl (C=O) groups excluding carboxylic acids is 1. The zero-order valence-corrected chi connectivity index (χ0v) is 12.0. The van der Waals surface area contributed by atoms with Crippen molar-refractivity contribution < 1.29 is 9.53 Å². The van der Waals surface area contributed by atoms with E-state index in [1.54, 1.807) is 11.1 Å². The molecule has 1 aliphatic heterocycles. The van der Waals surface area contributed by atoms with Crippen molar-refractivity contribution in [2.45, 2.75) is 38.8 Å². The van der Waals surface area contributed by atoms with Crippen LogP contribution < -0.4 is 0 Å². The van der Waals surface area contributed by atoms with E-state index in [9.17, 15) is 4.79 Å². The van der Waals surface area contributed by atoms with Crippen molar-refractivity contribution in [3.8, 4) is 0 Å². The Balaban J connectivity index is 1.83. The number of aromatic nitrogens is 2. The Morgan fingerprint density at radius 2 is 2.20 bits per heavy atom. The average molecular weight is 273 g/mol. The first-order chi connectivity index (χ1) is 9.46. The van der Waals surface area contributed by atoms with Crippen LogP contribution in [0, 0.1) is 0 Å². The highest BCUT2D eigenvalue weighted by Crippen LogP contribution is 2.35. The van der Waals surface area contributed by atoms with Gasteiger partial charge in [0.2, 0.25) is 0 Å². The molecule has 0 N–H and O–H groups in total. The average Bonchev–Trinajstić information content (AvgIpc) is 2.69. The minimum Gasteiger partial charge on any atom is -0.444 e. The minimum absolute atomic E-state index is 0.0924. The summed E-state index contributed by atoms with van der Waals surface area (Å²) in [5.41, 5.74) is 1.69. The molecule has 1 aliphatic rings. The lowest BCUT2D eigenvalue weighted by molar-refractivity contribution is -0.00664. The Labute approximate surface area is 118 Å². The van der Waals surface area contributed by atoms with Gasteiger partial charge in [0.25, 0.3) is 0 Å². The molecule has 3 heterocycles. The van der Waals surface area contributed by atoms with Gasteiger partial charge >= 0.3 is 6.09 Å². The number of ether oxygens (including phenoxy) is 1. The van der Waals surface area contributed by atoms with E-state index in [1.165, 1.54) is 0 Å². The molecular weight excluding hydrogens is 254 g/mol. The van der Waals surface area contributed by atoms with Gasteiger partial charge in [0.1, 0.15) is 5.60 Å². The Morgan fingerprint density at radius 3 is 2.85 bits per heavy atom. The highest BCUT2D eigenvalue weighted by Gasteiger charge is 2.37. The molecule has 0 bridgehead atoms. The third-order valence-electron chi connectivity index (χ3n) is 3.48. The maximum absolute atomic E-state index is 12.2. The lowest BCUT2D eigenvalue weighted by atomic mass is 10.0. The predicted molar refractivity (Wildman–Crippen MR) is 75.5 cm³/mol. The molecule has 20 heavy (non-hydrogen) atoms. The summed E-state index contributed by atoms with van der Waals surface area (Å²) >= 11 is 0. The third-order valence-corrected chi connectivity index (χ3v) is 3.48. The summed E-state index contributed by atoms with van der Waals surface area (Å²) in [6, 6.07) is 4.17. The van der Waals surface area contributed by atoms with Crippen LogP contribution in [0.25, 0.3) is 5.52 Å². The van der Waals surface area contributed by atoms with Gasteiger partial charge in [-0.15, -0.1) is 0 Å². The van der Waals surface area contributed by atoms with Crippen molar-refractivity contribution in [1.82, 2.24) is 14.3 Å². The van der Waals surface area contributed by atoms with E-state index in [-0.39, 0.29) is 12.1 Å². The van der Waals surface area contributed by atoms with Gasteiger partial charge in [-0.3, -0.25) is 9.88 Å². The SMILES string of the molecule is CC(C)(C)OC(=O)N1CCC1c1ccc2cnccn12. The first kappa shape index (κ1) is 13.0. The van der Waals surface area contributed by atoms with Crippen LogP contribution in [0.15, 0.2) is 30.7 Å². The number of rotatable bonds is 1. The molecule has 0 spiro atoms. The van der Waals surface area contributed by atoms with Crippen LogP contribution >= 0.6 is 0 Å². The number of hydrogen-bond acceptors (Lipinski definition) is 3. The fourth-order valence-electron chi connectivity index (χ4n) is 2.49. The highest BCUT2D eigenvalue weighted by atomic mass is 16.6. The van der Waals surface area contributed by atoms with Crippen molar-refractivity contribution in [1.29, 1.82) is 0 Å². The van der Waals surface area contributed by atoms with E-state index >= 15 is 0 Å². The first-order valence-corrected chi connectivity index (χ1v) is 6.86. The predicted octanol–water partition coefficient (Wildman–Crippen LogP) is 3.02. The standard InChI is InChI=1S/C15H19N3O2/c1-15(2,3)20-14(19)18-8-6-13(18)12-5-4-11-10-16-7-9-17(11)12/h4-5,7,9-10,13H,6,8H2,1-3H3. The molecule has 0 aliphatic carbocycles. The second-order valence-corrected chi connectivity index (χ2v) is 6.11. The van der Waals surface area contributed by atoms with Crippen molar-refractivity contribution >= 4 is 11.6 Å². The molecule has 2 aromatic heterocycles. The van der Waals surface area contributed by atoms with Gasteiger partial charge in [-0.25, -0.2) is 4.79 Å². The van der Waals surface area contributed by atoms with E-state index in [0.717, 1.165) is 24.2 Å². The number of carbonyl (C=O) groups is 1. The lowest BCUT2D eigenvalue weighted by Crippen LogP contribution is -2.47. The molecule has 1 amide bonds. The van der Waals surface area contributed by atoms with E-state index < -0.39 is 5.60 Å². The molecule has 1 saturated heterocycles. The first-order valence-electron chi connectivity index (χ1n) is 6.86. The van der Waals surface area contributed by atoms with Gasteiger partial charge < -0.3 is 9.14 Å². The fraction of sp³-hybridized carbons (Fsp3) is 0.467. The molecule has 5 heteroatoms. The zero-order valence-electron chi connectivity index (χ0n) is 12.0. The molecule has 0 radical (unpaired) electrons. The largest absolute Gasteiger partial charge is 0.444 e. The molecule has 2 aromatic rings. The number of hydrogen-bond donors (Lipinski definition) is 0. The maximum atomic E-state index is 12.2. The van der Waals surface area contributed by atoms with Crippen LogP contribution in [0.3, 0.4) is 0 Å². The molecule has 1 unspecified atom stereocenters. The topological polar surface area (TPSA) is 46.8 Å². The van der Waals surface area contributed by atoms with Crippen LogP contribution in [-0.2, 0) is 4.74 Å². The zero-order chi connectivity index (χ0) is 14.3. The van der Waals surface area contributed by atoms with Gasteiger partial charge in [-0.2, -0.15) is 0 Å². The van der Waals surface area contributed by atoms with Crippen molar-refractivity contribution in [3.63, 3.8) is 0 Å². The Hall–Kier alpha value is -2.04. The van der Waals surface area contributed by atoms with Gasteiger partial charge in [0.05, 0.1) is 17.8 Å². The fourth-order valence-corrected chi connectivity index (χ4v) is 2.49. The normalized spacial score (nSPS) is 18.9. The lowest BCUT2D eigenvalue weighted by Gasteiger charge is -2.41. The number of likely N-dealkylation sites (tertiary alicyclic amines) is 1. The Bertz CT molecular complexity index is 642. The van der Waals surface area contributed by atoms with Crippen LogP contribution in [0.5, 0.6) is 0 Å². The van der Waals surface area contributed by atoms with Crippen molar-refractivity contribution in [2.24, 2.45) is 0 Å². The summed E-state index contributed by atoms with van der Waals surface area (Å²) in [5.74, 6) is 0. The Kier molecular flexibility index (Phi) is 2.92. The molecular formula is C15H19N3O2. The molecule has 106 valence electrons. The molecule has 5 nitrogen and oxygen atoms in total. The van der Waals surface area contributed by atoms with Crippen LogP contribution in [0.4, 0.5) is 4.79 Å². The summed E-state index contributed by atoms with van der Waals surface area (Å²) in [4.78, 5) is 18.1. The number of amides is 1. The van der Waals surface area contributed by atoms with E-state index in [4.69, 9.17) is 4.74 Å². The molecule has 1 atom stereocenters.